The number of allylic oxidation sites excluding steroid dienone is 6. The number of hydrogen-bond donors (Lipinski definition) is 0. The zero-order valence-electron chi connectivity index (χ0n) is 39.9. The summed E-state index contributed by atoms with van der Waals surface area (Å²) in [7, 11) is 0. The molecular weight excluding hydrogens is 821 g/mol. The van der Waals surface area contributed by atoms with Gasteiger partial charge in [0.05, 0.1) is 22.1 Å². The second kappa shape index (κ2) is 16.0. The summed E-state index contributed by atoms with van der Waals surface area (Å²) >= 11 is 0. The zero-order chi connectivity index (χ0) is 45.8. The van der Waals surface area contributed by atoms with E-state index < -0.39 is 0 Å². The van der Waals surface area contributed by atoms with Gasteiger partial charge in [-0.15, -0.1) is 0 Å². The van der Waals surface area contributed by atoms with Crippen LogP contribution in [0.3, 0.4) is 0 Å². The maximum absolute atomic E-state index is 12.4. The summed E-state index contributed by atoms with van der Waals surface area (Å²) < 4.78 is 15.8. The normalized spacial score (nSPS) is 37.6. The number of imidazole rings is 2. The third kappa shape index (κ3) is 6.70. The van der Waals surface area contributed by atoms with Crippen LogP contribution in [0.5, 0.6) is 0 Å². The molecule has 6 unspecified atom stereocenters. The maximum atomic E-state index is 12.4. The minimum Gasteiger partial charge on any atom is -0.462 e. The van der Waals surface area contributed by atoms with E-state index in [9.17, 15) is 14.4 Å². The summed E-state index contributed by atoms with van der Waals surface area (Å²) in [5, 5.41) is 0. The molecule has 2 aromatic carbocycles. The van der Waals surface area contributed by atoms with Crippen molar-refractivity contribution in [2.24, 2.45) is 57.2 Å². The molecule has 4 saturated carbocycles. The molecular formula is C57H68N4O5. The monoisotopic (exact) mass is 889 g/mol. The molecule has 9 heteroatoms. The number of rotatable bonds is 5. The van der Waals surface area contributed by atoms with Gasteiger partial charge in [-0.1, -0.05) is 81.3 Å². The molecule has 8 aliphatic rings. The summed E-state index contributed by atoms with van der Waals surface area (Å²) in [6.07, 6.45) is 27.7. The van der Waals surface area contributed by atoms with Gasteiger partial charge in [-0.25, -0.2) is 9.97 Å². The smallest absolute Gasteiger partial charge is 0.302 e. The van der Waals surface area contributed by atoms with Crippen molar-refractivity contribution in [3.63, 3.8) is 0 Å². The third-order valence-corrected chi connectivity index (χ3v) is 19.5. The van der Waals surface area contributed by atoms with Gasteiger partial charge in [0.1, 0.15) is 31.1 Å². The number of esters is 2. The van der Waals surface area contributed by atoms with E-state index >= 15 is 0 Å². The number of nitrogens with zero attached hydrogens (tertiary/aromatic N) is 4. The lowest BCUT2D eigenvalue weighted by molar-refractivity contribution is -0.149. The summed E-state index contributed by atoms with van der Waals surface area (Å²) in [5.41, 5.74) is 11.6. The molecule has 0 bridgehead atoms. The minimum absolute atomic E-state index is 0.0261. The van der Waals surface area contributed by atoms with Crippen LogP contribution in [-0.4, -0.2) is 49.5 Å². The first-order valence-corrected chi connectivity index (χ1v) is 25.2. The first-order chi connectivity index (χ1) is 31.7. The second-order valence-corrected chi connectivity index (χ2v) is 22.6. The van der Waals surface area contributed by atoms with E-state index in [0.717, 1.165) is 98.0 Å². The van der Waals surface area contributed by atoms with Crippen LogP contribution in [0.2, 0.25) is 0 Å². The first-order valence-electron chi connectivity index (χ1n) is 25.2. The van der Waals surface area contributed by atoms with Gasteiger partial charge < -0.3 is 18.6 Å². The lowest BCUT2D eigenvalue weighted by Crippen LogP contribution is -2.50. The molecule has 9 nitrogen and oxygen atoms in total. The van der Waals surface area contributed by atoms with Crippen molar-refractivity contribution in [1.29, 1.82) is 0 Å². The zero-order valence-corrected chi connectivity index (χ0v) is 39.9. The van der Waals surface area contributed by atoms with Gasteiger partial charge in [0.25, 0.3) is 0 Å². The fourth-order valence-corrected chi connectivity index (χ4v) is 16.4. The molecule has 12 rings (SSSR count). The van der Waals surface area contributed by atoms with Crippen LogP contribution in [0.4, 0.5) is 0 Å². The Morgan fingerprint density at radius 1 is 0.591 bits per heavy atom. The van der Waals surface area contributed by atoms with Gasteiger partial charge in [-0.05, 0) is 148 Å². The summed E-state index contributed by atoms with van der Waals surface area (Å²) in [6, 6.07) is 16.7. The molecule has 2 heterocycles. The highest BCUT2D eigenvalue weighted by Crippen LogP contribution is 2.68. The minimum atomic E-state index is -0.172. The van der Waals surface area contributed by atoms with Crippen molar-refractivity contribution in [3.05, 3.63) is 96.1 Å². The van der Waals surface area contributed by atoms with Crippen LogP contribution in [0.25, 0.3) is 33.5 Å². The summed E-state index contributed by atoms with van der Waals surface area (Å²) in [5.74, 6) is 3.51. The molecule has 0 N–H and O–H groups in total. The second-order valence-electron chi connectivity index (χ2n) is 22.6. The topological polar surface area (TPSA) is 105 Å². The molecule has 0 radical (unpaired) electrons. The fraction of sp³-hybridized carbons (Fsp3) is 0.561. The summed E-state index contributed by atoms with van der Waals surface area (Å²) in [6.45, 7) is 12.9. The van der Waals surface area contributed by atoms with Gasteiger partial charge in [0, 0.05) is 54.5 Å². The third-order valence-electron chi connectivity index (χ3n) is 19.5. The molecule has 4 fully saturated rings. The first kappa shape index (κ1) is 43.5. The Balaban J connectivity index is 0.000000146. The van der Waals surface area contributed by atoms with Crippen LogP contribution < -0.4 is 0 Å². The number of carbonyl (C=O) groups excluding carboxylic acids is 3. The largest absolute Gasteiger partial charge is 0.462 e. The predicted molar refractivity (Wildman–Crippen MR) is 258 cm³/mol. The van der Waals surface area contributed by atoms with Gasteiger partial charge in [-0.3, -0.25) is 14.4 Å². The Morgan fingerprint density at radius 3 is 1.65 bits per heavy atom. The highest BCUT2D eigenvalue weighted by Gasteiger charge is 2.60. The number of benzene rings is 2. The number of ether oxygens (including phenoxy) is 2. The lowest BCUT2D eigenvalue weighted by Gasteiger charge is -2.57. The van der Waals surface area contributed by atoms with Crippen molar-refractivity contribution in [2.45, 2.75) is 144 Å². The lowest BCUT2D eigenvalue weighted by atomic mass is 9.47. The molecule has 66 heavy (non-hydrogen) atoms. The Bertz CT molecular complexity index is 2750. The van der Waals surface area contributed by atoms with E-state index in [0.29, 0.717) is 23.7 Å². The average Bonchev–Trinajstić information content (AvgIpc) is 4.07. The average molecular weight is 889 g/mol. The van der Waals surface area contributed by atoms with E-state index in [2.05, 4.69) is 95.4 Å². The van der Waals surface area contributed by atoms with Crippen LogP contribution >= 0.6 is 0 Å². The number of para-hydroxylation sites is 4. The van der Waals surface area contributed by atoms with Crippen molar-refractivity contribution in [2.75, 3.05) is 0 Å². The number of hydrogen-bond acceptors (Lipinski definition) is 7. The standard InChI is InChI=1S/C29H34N2O3.C28H34N2O2/c1-18(33)34-21-10-12-28(2)20(15-21)8-9-22-23(28)11-13-29(3)24(22)14-19(16-32)27(29)31-17-30-25-6-4-5-7-26(25)31;1-18(31)32-20-12-14-27(2)19(16-20)8-9-21-22-10-11-26(28(22,3)15-13-23(21)27)30-17-29-24-6-4-5-7-25(24)30/h4-8,16-17,21-24H,9-15H2,1-3H3;4-8,11,17,20-23H,9-10,12-16H2,1-3H3/t21-,22?,23?,24?,28+,29+;20-,21?,22?,23?,27+,28+/m11/s1. The quantitative estimate of drug-likeness (QED) is 0.112. The van der Waals surface area contributed by atoms with Gasteiger partial charge in [0.15, 0.2) is 0 Å². The molecule has 346 valence electrons. The molecule has 4 aromatic rings. The van der Waals surface area contributed by atoms with E-state index in [1.54, 1.807) is 5.57 Å². The number of fused-ring (bicyclic) bond motifs is 12. The number of carbonyl (C=O) groups is 3. The van der Waals surface area contributed by atoms with Gasteiger partial charge in [0.2, 0.25) is 0 Å². The fourth-order valence-electron chi connectivity index (χ4n) is 16.4. The van der Waals surface area contributed by atoms with Crippen molar-refractivity contribution in [3.8, 4) is 0 Å². The van der Waals surface area contributed by atoms with E-state index in [1.165, 1.54) is 68.4 Å². The van der Waals surface area contributed by atoms with E-state index in [4.69, 9.17) is 9.47 Å². The number of aldehydes is 1. The molecule has 0 saturated heterocycles. The van der Waals surface area contributed by atoms with Gasteiger partial charge >= 0.3 is 11.9 Å². The highest BCUT2D eigenvalue weighted by atomic mass is 16.5. The molecule has 0 amide bonds. The van der Waals surface area contributed by atoms with Crippen LogP contribution in [0.15, 0.2) is 96.1 Å². The molecule has 12 atom stereocenters. The van der Waals surface area contributed by atoms with Gasteiger partial charge in [-0.2, -0.15) is 0 Å². The molecule has 0 spiro atoms. The Kier molecular flexibility index (Phi) is 10.6. The van der Waals surface area contributed by atoms with E-state index in [1.807, 2.05) is 30.9 Å². The van der Waals surface area contributed by atoms with Crippen LogP contribution in [0.1, 0.15) is 131 Å². The maximum Gasteiger partial charge on any atom is 0.302 e. The Labute approximate surface area is 390 Å². The van der Waals surface area contributed by atoms with E-state index in [-0.39, 0.29) is 45.8 Å². The van der Waals surface area contributed by atoms with Crippen LogP contribution in [0, 0.1) is 57.2 Å². The molecule has 0 aliphatic heterocycles. The van der Waals surface area contributed by atoms with Crippen molar-refractivity contribution >= 4 is 51.7 Å². The molecule has 8 aliphatic carbocycles. The number of aromatic nitrogens is 4. The van der Waals surface area contributed by atoms with Crippen LogP contribution in [-0.2, 0) is 23.9 Å². The van der Waals surface area contributed by atoms with Crippen molar-refractivity contribution in [1.82, 2.24) is 19.1 Å². The predicted octanol–water partition coefficient (Wildman–Crippen LogP) is 12.3. The Morgan fingerprint density at radius 2 is 1.09 bits per heavy atom. The highest BCUT2D eigenvalue weighted by molar-refractivity contribution is 5.90. The van der Waals surface area contributed by atoms with Crippen molar-refractivity contribution < 1.29 is 23.9 Å². The SMILES string of the molecule is CC(=O)O[C@@H]1CC[C@@]2(C)C(=CCC3C2CC[C@]2(C)C(n4cnc5ccccc54)=C(C=O)CC32)C1.CC(=O)O[C@@H]1CC[C@@]2(C)C(=CCC3C2CC[C@]2(C)C(n4cnc5ccccc54)=CCC32)C1. The molecule has 2 aromatic heterocycles. The Hall–Kier alpha value is -5.05. The summed E-state index contributed by atoms with van der Waals surface area (Å²) in [4.78, 5) is 44.7.